The van der Waals surface area contributed by atoms with E-state index >= 15 is 0 Å². The summed E-state index contributed by atoms with van der Waals surface area (Å²) < 4.78 is 39.1. The van der Waals surface area contributed by atoms with Crippen molar-refractivity contribution in [2.75, 3.05) is 99.1 Å². The molecule has 0 rings (SSSR count). The molecule has 47 heavy (non-hydrogen) atoms. The van der Waals surface area contributed by atoms with Crippen molar-refractivity contribution in [2.24, 2.45) is 5.41 Å². The maximum absolute atomic E-state index is 9.24. The Morgan fingerprint density at radius 2 is 0.894 bits per heavy atom. The first kappa shape index (κ1) is 50.4. The molecule has 0 saturated carbocycles. The van der Waals surface area contributed by atoms with Crippen LogP contribution in [0.3, 0.4) is 0 Å². The summed E-state index contributed by atoms with van der Waals surface area (Å²) in [5.41, 5.74) is -0.511. The summed E-state index contributed by atoms with van der Waals surface area (Å²) in [6.45, 7) is 22.1. The van der Waals surface area contributed by atoms with E-state index in [2.05, 4.69) is 39.3 Å². The van der Waals surface area contributed by atoms with Crippen LogP contribution >= 0.6 is 8.53 Å². The van der Waals surface area contributed by atoms with Crippen molar-refractivity contribution < 1.29 is 93.9 Å². The fourth-order valence-electron chi connectivity index (χ4n) is 4.18. The molecule has 0 bridgehead atoms. The van der Waals surface area contributed by atoms with Gasteiger partial charge in [0.15, 0.2) is 0 Å². The van der Waals surface area contributed by atoms with Crippen molar-refractivity contribution in [2.45, 2.75) is 112 Å². The molecule has 1 radical (unpaired) electrons. The number of aliphatic hydroxyl groups excluding tert-OH is 1. The standard InChI is InChI=1S/C33H70NO11P.Pr/c1-8-17-40-42-24-14-22-38-29-33(28-37-21-13-16-35,30-39-23-15-25-43-41-18-9-2)27-36-20-11-12-26-45-46(44-19-10-3)34(31(4)5)32(6)7;/h31-32,35H,8-30H2,1-7H3;. The van der Waals surface area contributed by atoms with E-state index in [0.29, 0.717) is 124 Å². The first-order valence-corrected chi connectivity index (χ1v) is 18.7. The monoisotopic (exact) mass is 828 g/mol. The second-order valence-electron chi connectivity index (χ2n) is 12.0. The van der Waals surface area contributed by atoms with Crippen molar-refractivity contribution >= 4 is 8.53 Å². The number of aliphatic hydroxyl groups is 1. The number of nitrogens with zero attached hydrogens (tertiary/aromatic N) is 1. The van der Waals surface area contributed by atoms with Gasteiger partial charge in [-0.05, 0) is 79.1 Å². The number of unbranched alkanes of at least 4 members (excludes halogenated alkanes) is 1. The normalized spacial score (nSPS) is 12.8. The van der Waals surface area contributed by atoms with Gasteiger partial charge in [0.2, 0.25) is 0 Å². The zero-order valence-corrected chi connectivity index (χ0v) is 35.5. The molecule has 0 aliphatic carbocycles. The van der Waals surface area contributed by atoms with E-state index in [4.69, 9.17) is 47.5 Å². The maximum atomic E-state index is 9.24. The molecule has 0 heterocycles. The van der Waals surface area contributed by atoms with Crippen molar-refractivity contribution in [3.63, 3.8) is 0 Å². The third-order valence-electron chi connectivity index (χ3n) is 6.39. The molecule has 12 nitrogen and oxygen atoms in total. The minimum atomic E-state index is -1.10. The molecule has 0 aliphatic heterocycles. The quantitative estimate of drug-likeness (QED) is 0.0320. The minimum absolute atomic E-state index is 0. The molecular formula is C33H70NO11PPr. The summed E-state index contributed by atoms with van der Waals surface area (Å²) in [5.74, 6) is 0. The van der Waals surface area contributed by atoms with Gasteiger partial charge in [-0.25, -0.2) is 24.2 Å². The molecular weight excluding hydrogens is 758 g/mol. The Morgan fingerprint density at radius 1 is 0.511 bits per heavy atom. The Labute approximate surface area is 321 Å². The topological polar surface area (TPSA) is 116 Å². The van der Waals surface area contributed by atoms with Gasteiger partial charge in [0, 0.05) is 86.4 Å². The predicted molar refractivity (Wildman–Crippen MR) is 181 cm³/mol. The van der Waals surface area contributed by atoms with Crippen LogP contribution in [0.2, 0.25) is 0 Å². The Kier molecular flexibility index (Phi) is 39.8. The molecule has 1 atom stereocenters. The van der Waals surface area contributed by atoms with Gasteiger partial charge >= 0.3 is 0 Å². The van der Waals surface area contributed by atoms with E-state index in [1.165, 1.54) is 0 Å². The van der Waals surface area contributed by atoms with Crippen LogP contribution in [0.5, 0.6) is 0 Å². The van der Waals surface area contributed by atoms with E-state index in [1.807, 2.05) is 13.8 Å². The summed E-state index contributed by atoms with van der Waals surface area (Å²) in [4.78, 5) is 20.6. The largest absolute Gasteiger partial charge is 0.396 e. The molecule has 1 N–H and O–H groups in total. The molecule has 0 spiro atoms. The third-order valence-corrected chi connectivity index (χ3v) is 8.50. The first-order chi connectivity index (χ1) is 22.4. The number of hydrogen-bond acceptors (Lipinski definition) is 12. The summed E-state index contributed by atoms with van der Waals surface area (Å²) in [6, 6.07) is 0.680. The minimum Gasteiger partial charge on any atom is -0.396 e. The molecule has 0 saturated heterocycles. The van der Waals surface area contributed by atoms with Crippen molar-refractivity contribution in [1.29, 1.82) is 0 Å². The van der Waals surface area contributed by atoms with Crippen LogP contribution in [0.25, 0.3) is 0 Å². The third kappa shape index (κ3) is 29.6. The van der Waals surface area contributed by atoms with Crippen LogP contribution in [-0.4, -0.2) is 121 Å². The predicted octanol–water partition coefficient (Wildman–Crippen LogP) is 6.49. The molecule has 0 aromatic heterocycles. The fraction of sp³-hybridized carbons (Fsp3) is 1.00. The van der Waals surface area contributed by atoms with E-state index < -0.39 is 13.9 Å². The maximum Gasteiger partial charge on any atom is 0.259 e. The molecule has 0 aromatic carbocycles. The fourth-order valence-corrected chi connectivity index (χ4v) is 5.90. The molecule has 0 aromatic rings. The van der Waals surface area contributed by atoms with Crippen LogP contribution in [0.1, 0.15) is 99.8 Å². The van der Waals surface area contributed by atoms with Crippen molar-refractivity contribution in [3.05, 3.63) is 0 Å². The summed E-state index contributed by atoms with van der Waals surface area (Å²) in [6.07, 6.45) is 6.47. The molecule has 0 aliphatic rings. The number of hydrogen-bond donors (Lipinski definition) is 1. The average Bonchev–Trinajstić information content (AvgIpc) is 3.03. The van der Waals surface area contributed by atoms with Gasteiger partial charge in [-0.3, -0.25) is 0 Å². The van der Waals surface area contributed by atoms with Crippen molar-refractivity contribution in [1.82, 2.24) is 4.67 Å². The van der Waals surface area contributed by atoms with Gasteiger partial charge in [-0.2, -0.15) is 0 Å². The Bertz CT molecular complexity index is 601. The van der Waals surface area contributed by atoms with Crippen LogP contribution in [0.15, 0.2) is 0 Å². The molecule has 14 heteroatoms. The van der Waals surface area contributed by atoms with Crippen LogP contribution in [-0.2, 0) is 47.5 Å². The summed E-state index contributed by atoms with van der Waals surface area (Å²) >= 11 is 0. The Hall–Kier alpha value is 1.31. The molecule has 0 fully saturated rings. The smallest absolute Gasteiger partial charge is 0.259 e. The van der Waals surface area contributed by atoms with Crippen LogP contribution in [0.4, 0.5) is 0 Å². The van der Waals surface area contributed by atoms with Gasteiger partial charge in [0.1, 0.15) is 0 Å². The molecule has 0 amide bonds. The van der Waals surface area contributed by atoms with Gasteiger partial charge in [0.25, 0.3) is 8.53 Å². The van der Waals surface area contributed by atoms with Gasteiger partial charge < -0.3 is 33.1 Å². The van der Waals surface area contributed by atoms with E-state index in [0.717, 1.165) is 32.1 Å². The van der Waals surface area contributed by atoms with Gasteiger partial charge in [-0.15, -0.1) is 0 Å². The molecule has 281 valence electrons. The van der Waals surface area contributed by atoms with Crippen LogP contribution in [0, 0.1) is 46.7 Å². The zero-order valence-electron chi connectivity index (χ0n) is 30.9. The second-order valence-corrected chi connectivity index (χ2v) is 13.4. The van der Waals surface area contributed by atoms with Crippen molar-refractivity contribution in [3.8, 4) is 0 Å². The summed E-state index contributed by atoms with van der Waals surface area (Å²) in [5, 5.41) is 9.24. The number of ether oxygens (including phenoxy) is 4. The van der Waals surface area contributed by atoms with Gasteiger partial charge in [0.05, 0.1) is 71.5 Å². The summed E-state index contributed by atoms with van der Waals surface area (Å²) in [7, 11) is -1.10. The molecule has 1 unspecified atom stereocenters. The number of rotatable bonds is 37. The van der Waals surface area contributed by atoms with E-state index in [-0.39, 0.29) is 47.9 Å². The van der Waals surface area contributed by atoms with Crippen LogP contribution < -0.4 is 0 Å². The Morgan fingerprint density at radius 3 is 1.32 bits per heavy atom. The first-order valence-electron chi connectivity index (χ1n) is 17.6. The zero-order chi connectivity index (χ0) is 34.1. The van der Waals surface area contributed by atoms with Gasteiger partial charge in [-0.1, -0.05) is 20.8 Å². The SMILES string of the molecule is CCCOOCCCOCC(COCCCO)(COCCCCOP(OCCC)N(C(C)C)C(C)C)COCCCOOCCC.[Pr]. The van der Waals surface area contributed by atoms with E-state index in [9.17, 15) is 5.11 Å². The second kappa shape index (κ2) is 37.1. The average molecular weight is 829 g/mol. The Balaban J connectivity index is 0. The van der Waals surface area contributed by atoms with E-state index in [1.54, 1.807) is 0 Å².